The van der Waals surface area contributed by atoms with Gasteiger partial charge in [-0.1, -0.05) is 0 Å². The first kappa shape index (κ1) is 14.4. The summed E-state index contributed by atoms with van der Waals surface area (Å²) < 4.78 is 26.2. The van der Waals surface area contributed by atoms with Gasteiger partial charge in [0.05, 0.1) is 11.5 Å². The molecule has 6 nitrogen and oxygen atoms in total. The van der Waals surface area contributed by atoms with Crippen molar-refractivity contribution in [1.82, 2.24) is 4.31 Å². The summed E-state index contributed by atoms with van der Waals surface area (Å²) in [5.74, 6) is -1.13. The van der Waals surface area contributed by atoms with Crippen LogP contribution >= 0.6 is 11.3 Å². The number of nitrogens with zero attached hydrogens (tertiary/aromatic N) is 1. The van der Waals surface area contributed by atoms with Gasteiger partial charge in [0, 0.05) is 17.5 Å². The molecular formula is C11H15NO5S2. The molecule has 1 aliphatic heterocycles. The van der Waals surface area contributed by atoms with Crippen LogP contribution in [0.15, 0.2) is 11.0 Å². The van der Waals surface area contributed by atoms with Crippen molar-refractivity contribution >= 4 is 27.3 Å². The third-order valence-electron chi connectivity index (χ3n) is 3.20. The Labute approximate surface area is 115 Å². The van der Waals surface area contributed by atoms with E-state index in [-0.39, 0.29) is 16.4 Å². The standard InChI is InChI=1S/C11H15NO5S2/c1-7-10(5-9(18-7)11(14)15)19(16,17)12-4-2-3-8(12)6-13/h5,8,13H,2-4,6H2,1H3,(H,14,15)/t8-/m0/s1. The molecule has 1 fully saturated rings. The summed E-state index contributed by atoms with van der Waals surface area (Å²) in [7, 11) is -3.72. The second kappa shape index (κ2) is 5.20. The van der Waals surface area contributed by atoms with Crippen molar-refractivity contribution in [3.63, 3.8) is 0 Å². The lowest BCUT2D eigenvalue weighted by atomic mass is 10.2. The van der Waals surface area contributed by atoms with E-state index in [2.05, 4.69) is 0 Å². The Hall–Kier alpha value is -0.960. The average molecular weight is 305 g/mol. The van der Waals surface area contributed by atoms with E-state index in [1.807, 2.05) is 0 Å². The largest absolute Gasteiger partial charge is 0.477 e. The molecule has 0 spiro atoms. The van der Waals surface area contributed by atoms with Crippen LogP contribution < -0.4 is 0 Å². The zero-order valence-electron chi connectivity index (χ0n) is 10.4. The number of aliphatic hydroxyl groups excluding tert-OH is 1. The third-order valence-corrected chi connectivity index (χ3v) is 6.45. The molecule has 2 rings (SSSR count). The van der Waals surface area contributed by atoms with Gasteiger partial charge in [0.25, 0.3) is 0 Å². The molecule has 0 saturated carbocycles. The summed E-state index contributed by atoms with van der Waals surface area (Å²) in [6.07, 6.45) is 1.34. The first-order valence-corrected chi connectivity index (χ1v) is 8.10. The average Bonchev–Trinajstić information content (AvgIpc) is 2.94. The molecule has 1 atom stereocenters. The number of carboxylic acid groups (broad SMARTS) is 1. The Kier molecular flexibility index (Phi) is 3.95. The third kappa shape index (κ3) is 2.53. The molecule has 0 aromatic carbocycles. The summed E-state index contributed by atoms with van der Waals surface area (Å²) in [5.41, 5.74) is 0. The Morgan fingerprint density at radius 1 is 1.58 bits per heavy atom. The molecule has 0 aliphatic carbocycles. The topological polar surface area (TPSA) is 94.9 Å². The second-order valence-corrected chi connectivity index (χ2v) is 7.55. The van der Waals surface area contributed by atoms with E-state index in [1.54, 1.807) is 6.92 Å². The highest BCUT2D eigenvalue weighted by Crippen LogP contribution is 2.32. The normalized spacial score (nSPS) is 20.8. The molecule has 1 aromatic rings. The summed E-state index contributed by atoms with van der Waals surface area (Å²) >= 11 is 0.949. The summed E-state index contributed by atoms with van der Waals surface area (Å²) in [4.78, 5) is 11.4. The number of aliphatic hydroxyl groups is 1. The zero-order chi connectivity index (χ0) is 14.2. The highest BCUT2D eigenvalue weighted by atomic mass is 32.2. The number of aromatic carboxylic acids is 1. The molecule has 19 heavy (non-hydrogen) atoms. The highest BCUT2D eigenvalue weighted by molar-refractivity contribution is 7.89. The second-order valence-electron chi connectivity index (χ2n) is 4.43. The fraction of sp³-hybridized carbons (Fsp3) is 0.545. The maximum Gasteiger partial charge on any atom is 0.345 e. The van der Waals surface area contributed by atoms with Crippen molar-refractivity contribution in [3.8, 4) is 0 Å². The first-order valence-electron chi connectivity index (χ1n) is 5.84. The Bertz CT molecular complexity index is 592. The van der Waals surface area contributed by atoms with Gasteiger partial charge in [0.1, 0.15) is 4.88 Å². The van der Waals surface area contributed by atoms with Crippen molar-refractivity contribution in [2.75, 3.05) is 13.2 Å². The van der Waals surface area contributed by atoms with Crippen LogP contribution in [0.2, 0.25) is 0 Å². The molecule has 0 radical (unpaired) electrons. The van der Waals surface area contributed by atoms with Crippen molar-refractivity contribution in [1.29, 1.82) is 0 Å². The number of thiophene rings is 1. The molecular weight excluding hydrogens is 290 g/mol. The minimum absolute atomic E-state index is 0.0100. The number of rotatable bonds is 4. The van der Waals surface area contributed by atoms with Crippen LogP contribution in [0.1, 0.15) is 27.4 Å². The maximum atomic E-state index is 12.5. The molecule has 0 bridgehead atoms. The number of carboxylic acids is 1. The van der Waals surface area contributed by atoms with Gasteiger partial charge >= 0.3 is 5.97 Å². The van der Waals surface area contributed by atoms with Crippen LogP contribution in [0.4, 0.5) is 0 Å². The first-order chi connectivity index (χ1) is 8.87. The van der Waals surface area contributed by atoms with Crippen LogP contribution in [0, 0.1) is 6.92 Å². The van der Waals surface area contributed by atoms with Gasteiger partial charge in [-0.2, -0.15) is 4.31 Å². The number of sulfonamides is 1. The van der Waals surface area contributed by atoms with E-state index in [0.29, 0.717) is 24.3 Å². The Morgan fingerprint density at radius 2 is 2.26 bits per heavy atom. The van der Waals surface area contributed by atoms with E-state index in [4.69, 9.17) is 5.11 Å². The minimum atomic E-state index is -3.72. The number of aryl methyl sites for hydroxylation is 1. The van der Waals surface area contributed by atoms with Crippen molar-refractivity contribution < 1.29 is 23.4 Å². The predicted molar refractivity (Wildman–Crippen MR) is 70.0 cm³/mol. The van der Waals surface area contributed by atoms with Crippen LogP contribution in [0.5, 0.6) is 0 Å². The van der Waals surface area contributed by atoms with Crippen molar-refractivity contribution in [2.45, 2.75) is 30.7 Å². The van der Waals surface area contributed by atoms with Crippen molar-refractivity contribution in [2.24, 2.45) is 0 Å². The smallest absolute Gasteiger partial charge is 0.345 e. The SMILES string of the molecule is Cc1sc(C(=O)O)cc1S(=O)(=O)N1CCC[C@H]1CO. The monoisotopic (exact) mass is 305 g/mol. The molecule has 1 aliphatic rings. The van der Waals surface area contributed by atoms with E-state index in [1.165, 1.54) is 10.4 Å². The maximum absolute atomic E-state index is 12.5. The Morgan fingerprint density at radius 3 is 2.79 bits per heavy atom. The van der Waals surface area contributed by atoms with Crippen molar-refractivity contribution in [3.05, 3.63) is 15.8 Å². The van der Waals surface area contributed by atoms with E-state index in [9.17, 15) is 18.3 Å². The van der Waals surface area contributed by atoms with Gasteiger partial charge in [0.15, 0.2) is 0 Å². The van der Waals surface area contributed by atoms with Gasteiger partial charge in [0.2, 0.25) is 10.0 Å². The van der Waals surface area contributed by atoms with Gasteiger partial charge in [-0.3, -0.25) is 0 Å². The fourth-order valence-corrected chi connectivity index (χ4v) is 5.35. The van der Waals surface area contributed by atoms with Gasteiger partial charge in [-0.15, -0.1) is 11.3 Å². The number of hydrogen-bond acceptors (Lipinski definition) is 5. The lowest BCUT2D eigenvalue weighted by Gasteiger charge is -2.22. The Balaban J connectivity index is 2.42. The van der Waals surface area contributed by atoms with Crippen LogP contribution in [-0.4, -0.2) is 48.1 Å². The van der Waals surface area contributed by atoms with Crippen LogP contribution in [-0.2, 0) is 10.0 Å². The van der Waals surface area contributed by atoms with E-state index in [0.717, 1.165) is 11.3 Å². The predicted octanol–water partition coefficient (Wildman–Crippen LogP) is 0.900. The van der Waals surface area contributed by atoms with Gasteiger partial charge < -0.3 is 10.2 Å². The lowest BCUT2D eigenvalue weighted by molar-refractivity contribution is 0.0702. The number of hydrogen-bond donors (Lipinski definition) is 2. The molecule has 2 N–H and O–H groups in total. The molecule has 1 aromatic heterocycles. The molecule has 0 amide bonds. The molecule has 8 heteroatoms. The molecule has 0 unspecified atom stereocenters. The molecule has 2 heterocycles. The summed E-state index contributed by atoms with van der Waals surface area (Å²) in [6.45, 7) is 1.74. The summed E-state index contributed by atoms with van der Waals surface area (Å²) in [5, 5.41) is 18.1. The molecule has 1 saturated heterocycles. The molecule has 106 valence electrons. The van der Waals surface area contributed by atoms with E-state index >= 15 is 0 Å². The quantitative estimate of drug-likeness (QED) is 0.862. The lowest BCUT2D eigenvalue weighted by Crippen LogP contribution is -2.37. The van der Waals surface area contributed by atoms with Crippen LogP contribution in [0.3, 0.4) is 0 Å². The van der Waals surface area contributed by atoms with Gasteiger partial charge in [-0.25, -0.2) is 13.2 Å². The summed E-state index contributed by atoms with van der Waals surface area (Å²) in [6, 6.07) is 0.794. The van der Waals surface area contributed by atoms with E-state index < -0.39 is 22.0 Å². The van der Waals surface area contributed by atoms with Crippen LogP contribution in [0.25, 0.3) is 0 Å². The zero-order valence-corrected chi connectivity index (χ0v) is 12.0. The minimum Gasteiger partial charge on any atom is -0.477 e. The number of carbonyl (C=O) groups is 1. The van der Waals surface area contributed by atoms with Gasteiger partial charge in [-0.05, 0) is 25.8 Å². The fourth-order valence-electron chi connectivity index (χ4n) is 2.26. The highest BCUT2D eigenvalue weighted by Gasteiger charge is 2.36.